The second kappa shape index (κ2) is 6.78. The van der Waals surface area contributed by atoms with E-state index >= 15 is 0 Å². The molecule has 1 fully saturated rings. The lowest BCUT2D eigenvalue weighted by Crippen LogP contribution is -2.46. The Hall–Kier alpha value is -3.60. The van der Waals surface area contributed by atoms with Crippen molar-refractivity contribution >= 4 is 5.82 Å². The van der Waals surface area contributed by atoms with Gasteiger partial charge in [-0.1, -0.05) is 0 Å². The highest BCUT2D eigenvalue weighted by atomic mass is 16.1. The van der Waals surface area contributed by atoms with Crippen LogP contribution in [0.3, 0.4) is 0 Å². The lowest BCUT2D eigenvalue weighted by atomic mass is 9.77. The van der Waals surface area contributed by atoms with Crippen LogP contribution in [0.1, 0.15) is 36.2 Å². The van der Waals surface area contributed by atoms with Gasteiger partial charge in [-0.2, -0.15) is 5.26 Å². The number of fused-ring (bicyclic) bond motifs is 2. The number of aromatic nitrogens is 5. The van der Waals surface area contributed by atoms with Gasteiger partial charge in [0.25, 0.3) is 5.56 Å². The van der Waals surface area contributed by atoms with Crippen molar-refractivity contribution in [3.63, 3.8) is 0 Å². The van der Waals surface area contributed by atoms with Gasteiger partial charge >= 0.3 is 0 Å². The molecule has 1 aliphatic carbocycles. The van der Waals surface area contributed by atoms with Crippen LogP contribution in [0.15, 0.2) is 41.7 Å². The molecular weight excluding hydrogens is 366 g/mol. The molecule has 1 spiro atoms. The maximum atomic E-state index is 12.8. The number of nitrogens with zero attached hydrogens (tertiary/aromatic N) is 6. The zero-order chi connectivity index (χ0) is 19.8. The SMILES string of the molecule is N#Cc1nccnc1N1CCCC2(CCc3c2nc(-c2cccnc2)[nH]c3=O)C1. The first-order valence-corrected chi connectivity index (χ1v) is 9.70. The minimum absolute atomic E-state index is 0.0694. The summed E-state index contributed by atoms with van der Waals surface area (Å²) in [6.45, 7) is 1.49. The van der Waals surface area contributed by atoms with Crippen molar-refractivity contribution in [2.45, 2.75) is 31.1 Å². The number of rotatable bonds is 2. The summed E-state index contributed by atoms with van der Waals surface area (Å²) in [6, 6.07) is 5.86. The van der Waals surface area contributed by atoms with Crippen LogP contribution in [0.25, 0.3) is 11.4 Å². The van der Waals surface area contributed by atoms with Crippen molar-refractivity contribution in [3.05, 3.63) is 64.2 Å². The van der Waals surface area contributed by atoms with Crippen LogP contribution in [0, 0.1) is 11.3 Å². The van der Waals surface area contributed by atoms with E-state index in [1.54, 1.807) is 18.6 Å². The van der Waals surface area contributed by atoms with Crippen LogP contribution in [-0.2, 0) is 11.8 Å². The fraction of sp³-hybridized carbons (Fsp3) is 0.333. The topological polar surface area (TPSA) is 111 Å². The van der Waals surface area contributed by atoms with Gasteiger partial charge in [-0.3, -0.25) is 9.78 Å². The number of nitrogens with one attached hydrogen (secondary N) is 1. The highest BCUT2D eigenvalue weighted by Gasteiger charge is 2.45. The first kappa shape index (κ1) is 17.5. The van der Waals surface area contributed by atoms with E-state index < -0.39 is 0 Å². The zero-order valence-corrected chi connectivity index (χ0v) is 15.8. The average Bonchev–Trinajstić information content (AvgIpc) is 3.12. The Kier molecular flexibility index (Phi) is 4.09. The maximum Gasteiger partial charge on any atom is 0.254 e. The van der Waals surface area contributed by atoms with Crippen LogP contribution >= 0.6 is 0 Å². The Morgan fingerprint density at radius 2 is 2.10 bits per heavy atom. The smallest absolute Gasteiger partial charge is 0.254 e. The average molecular weight is 385 g/mol. The molecule has 5 rings (SSSR count). The number of hydrogen-bond acceptors (Lipinski definition) is 7. The molecule has 1 atom stereocenters. The summed E-state index contributed by atoms with van der Waals surface area (Å²) in [7, 11) is 0. The van der Waals surface area contributed by atoms with Crippen LogP contribution in [-0.4, -0.2) is 38.0 Å². The molecule has 1 saturated heterocycles. The molecular formula is C21H19N7O. The molecule has 0 aromatic carbocycles. The molecule has 144 valence electrons. The second-order valence-electron chi connectivity index (χ2n) is 7.63. The van der Waals surface area contributed by atoms with Crippen molar-refractivity contribution < 1.29 is 0 Å². The number of nitriles is 1. The van der Waals surface area contributed by atoms with E-state index in [0.717, 1.165) is 42.6 Å². The van der Waals surface area contributed by atoms with E-state index in [-0.39, 0.29) is 11.0 Å². The van der Waals surface area contributed by atoms with Gasteiger partial charge in [0, 0.05) is 54.4 Å². The molecule has 0 saturated carbocycles. The van der Waals surface area contributed by atoms with Crippen molar-refractivity contribution in [3.8, 4) is 17.5 Å². The van der Waals surface area contributed by atoms with Crippen molar-refractivity contribution in [2.24, 2.45) is 0 Å². The molecule has 4 heterocycles. The van der Waals surface area contributed by atoms with Gasteiger partial charge in [0.1, 0.15) is 11.9 Å². The molecule has 1 aliphatic heterocycles. The standard InChI is InChI=1S/C21H19N7O/c22-11-16-19(25-9-8-24-16)28-10-2-5-21(13-28)6-4-15-17(21)26-18(27-20(15)29)14-3-1-7-23-12-14/h1,3,7-9,12H,2,4-6,10,13H2,(H,26,27,29). The van der Waals surface area contributed by atoms with E-state index in [9.17, 15) is 10.1 Å². The van der Waals surface area contributed by atoms with E-state index in [2.05, 4.69) is 30.9 Å². The molecule has 8 heteroatoms. The third kappa shape index (κ3) is 2.86. The quantitative estimate of drug-likeness (QED) is 0.718. The number of anilines is 1. The number of piperidine rings is 1. The second-order valence-corrected chi connectivity index (χ2v) is 7.63. The number of H-pyrrole nitrogens is 1. The van der Waals surface area contributed by atoms with Gasteiger partial charge in [0.05, 0.1) is 5.69 Å². The predicted octanol–water partition coefficient (Wildman–Crippen LogP) is 1.98. The summed E-state index contributed by atoms with van der Waals surface area (Å²) in [4.78, 5) is 35.5. The Bertz CT molecular complexity index is 1170. The third-order valence-corrected chi connectivity index (χ3v) is 5.97. The van der Waals surface area contributed by atoms with E-state index in [0.29, 0.717) is 30.3 Å². The Morgan fingerprint density at radius 3 is 2.93 bits per heavy atom. The monoisotopic (exact) mass is 385 g/mol. The van der Waals surface area contributed by atoms with Gasteiger partial charge in [0.2, 0.25) is 0 Å². The van der Waals surface area contributed by atoms with E-state index in [4.69, 9.17) is 4.98 Å². The summed E-state index contributed by atoms with van der Waals surface area (Å²) in [5.41, 5.74) is 2.50. The lowest BCUT2D eigenvalue weighted by Gasteiger charge is -2.41. The number of pyridine rings is 1. The fourth-order valence-electron chi connectivity index (χ4n) is 4.64. The normalized spacial score (nSPS) is 20.4. The first-order chi connectivity index (χ1) is 14.2. The molecule has 0 radical (unpaired) electrons. The molecule has 1 N–H and O–H groups in total. The van der Waals surface area contributed by atoms with Gasteiger partial charge in [0.15, 0.2) is 11.5 Å². The highest BCUT2D eigenvalue weighted by Crippen LogP contribution is 2.44. The van der Waals surface area contributed by atoms with Crippen LogP contribution in [0.2, 0.25) is 0 Å². The van der Waals surface area contributed by atoms with Gasteiger partial charge in [-0.25, -0.2) is 15.0 Å². The Labute approximate surface area is 167 Å². The number of hydrogen-bond donors (Lipinski definition) is 1. The molecule has 29 heavy (non-hydrogen) atoms. The van der Waals surface area contributed by atoms with Crippen LogP contribution in [0.4, 0.5) is 5.82 Å². The third-order valence-electron chi connectivity index (χ3n) is 5.97. The molecule has 1 unspecified atom stereocenters. The maximum absolute atomic E-state index is 12.8. The highest BCUT2D eigenvalue weighted by molar-refractivity contribution is 5.55. The molecule has 8 nitrogen and oxygen atoms in total. The summed E-state index contributed by atoms with van der Waals surface area (Å²) in [6.07, 6.45) is 10.0. The molecule has 2 aliphatic rings. The van der Waals surface area contributed by atoms with E-state index in [1.807, 2.05) is 12.1 Å². The number of aromatic amines is 1. The van der Waals surface area contributed by atoms with Gasteiger partial charge < -0.3 is 9.88 Å². The summed E-state index contributed by atoms with van der Waals surface area (Å²) in [5, 5.41) is 9.42. The van der Waals surface area contributed by atoms with Crippen molar-refractivity contribution in [1.82, 2.24) is 24.9 Å². The van der Waals surface area contributed by atoms with E-state index in [1.165, 1.54) is 6.20 Å². The van der Waals surface area contributed by atoms with Crippen LogP contribution < -0.4 is 10.5 Å². The first-order valence-electron chi connectivity index (χ1n) is 9.70. The summed E-state index contributed by atoms with van der Waals surface area (Å²) < 4.78 is 0. The van der Waals surface area contributed by atoms with Gasteiger partial charge in [-0.15, -0.1) is 0 Å². The summed E-state index contributed by atoms with van der Waals surface area (Å²) in [5.74, 6) is 1.16. The lowest BCUT2D eigenvalue weighted by molar-refractivity contribution is 0.333. The Balaban J connectivity index is 1.57. The molecule has 0 bridgehead atoms. The van der Waals surface area contributed by atoms with Crippen molar-refractivity contribution in [2.75, 3.05) is 18.0 Å². The van der Waals surface area contributed by atoms with Gasteiger partial charge in [-0.05, 0) is 37.8 Å². The molecule has 0 amide bonds. The summed E-state index contributed by atoms with van der Waals surface area (Å²) >= 11 is 0. The molecule has 3 aromatic heterocycles. The minimum Gasteiger partial charge on any atom is -0.353 e. The largest absolute Gasteiger partial charge is 0.353 e. The van der Waals surface area contributed by atoms with Crippen LogP contribution in [0.5, 0.6) is 0 Å². The zero-order valence-electron chi connectivity index (χ0n) is 15.8. The Morgan fingerprint density at radius 1 is 1.21 bits per heavy atom. The molecule has 3 aromatic rings. The van der Waals surface area contributed by atoms with Crippen molar-refractivity contribution in [1.29, 1.82) is 5.26 Å². The fourth-order valence-corrected chi connectivity index (χ4v) is 4.64. The minimum atomic E-state index is -0.219. The predicted molar refractivity (Wildman–Crippen MR) is 106 cm³/mol.